The molecule has 4 nitrogen and oxygen atoms in total. The third-order valence-corrected chi connectivity index (χ3v) is 4.31. The van der Waals surface area contributed by atoms with Gasteiger partial charge in [0, 0.05) is 5.54 Å². The van der Waals surface area contributed by atoms with E-state index < -0.39 is 0 Å². The van der Waals surface area contributed by atoms with Gasteiger partial charge in [-0.3, -0.25) is 4.79 Å². The van der Waals surface area contributed by atoms with Crippen LogP contribution in [0.3, 0.4) is 0 Å². The second-order valence-electron chi connectivity index (χ2n) is 7.93. The molecule has 1 aromatic carbocycles. The van der Waals surface area contributed by atoms with Gasteiger partial charge >= 0.3 is 0 Å². The molecular weight excluding hydrogens is 318 g/mol. The maximum atomic E-state index is 12.2. The van der Waals surface area contributed by atoms with E-state index in [2.05, 4.69) is 49.9 Å². The van der Waals surface area contributed by atoms with Crippen LogP contribution in [-0.2, 0) is 4.79 Å². The number of H-pyrrole nitrogens is 1. The van der Waals surface area contributed by atoms with Crippen molar-refractivity contribution >= 4 is 17.7 Å². The Morgan fingerprint density at radius 1 is 1.17 bits per heavy atom. The summed E-state index contributed by atoms with van der Waals surface area (Å²) in [5, 5.41) is 3.88. The van der Waals surface area contributed by atoms with Crippen molar-refractivity contribution in [1.29, 1.82) is 0 Å². The van der Waals surface area contributed by atoms with Crippen molar-refractivity contribution in [3.8, 4) is 11.3 Å². The normalized spacial score (nSPS) is 12.2. The Kier molecular flexibility index (Phi) is 5.75. The molecule has 0 saturated heterocycles. The molecule has 0 spiro atoms. The molecule has 24 heavy (non-hydrogen) atoms. The summed E-state index contributed by atoms with van der Waals surface area (Å²) in [6, 6.07) is 10.0. The summed E-state index contributed by atoms with van der Waals surface area (Å²) in [7, 11) is 0. The average Bonchev–Trinajstić information content (AvgIpc) is 2.92. The maximum absolute atomic E-state index is 12.2. The van der Waals surface area contributed by atoms with Crippen LogP contribution in [0.25, 0.3) is 11.3 Å². The highest BCUT2D eigenvalue weighted by atomic mass is 32.2. The van der Waals surface area contributed by atoms with E-state index >= 15 is 0 Å². The van der Waals surface area contributed by atoms with Crippen LogP contribution in [0.4, 0.5) is 0 Å². The molecule has 0 radical (unpaired) electrons. The van der Waals surface area contributed by atoms with E-state index in [0.717, 1.165) is 22.8 Å². The van der Waals surface area contributed by atoms with Crippen LogP contribution in [-0.4, -0.2) is 27.2 Å². The lowest BCUT2D eigenvalue weighted by molar-refractivity contribution is -0.120. The van der Waals surface area contributed by atoms with Gasteiger partial charge in [0.15, 0.2) is 5.16 Å². The number of aromatic amines is 1. The van der Waals surface area contributed by atoms with E-state index in [1.165, 1.54) is 11.8 Å². The van der Waals surface area contributed by atoms with Crippen LogP contribution < -0.4 is 5.32 Å². The number of aromatic nitrogens is 2. The van der Waals surface area contributed by atoms with Crippen LogP contribution >= 0.6 is 11.8 Å². The number of imidazole rings is 1. The lowest BCUT2D eigenvalue weighted by atomic mass is 9.82. The topological polar surface area (TPSA) is 57.8 Å². The Labute approximate surface area is 148 Å². The lowest BCUT2D eigenvalue weighted by Gasteiger charge is -2.33. The molecule has 130 valence electrons. The molecule has 5 heteroatoms. The Morgan fingerprint density at radius 2 is 1.83 bits per heavy atom. The molecular formula is C19H27N3OS. The lowest BCUT2D eigenvalue weighted by Crippen LogP contribution is -2.46. The zero-order valence-electron chi connectivity index (χ0n) is 15.1. The van der Waals surface area contributed by atoms with E-state index in [1.54, 1.807) is 6.20 Å². The Morgan fingerprint density at radius 3 is 2.46 bits per heavy atom. The molecule has 2 N–H and O–H groups in total. The van der Waals surface area contributed by atoms with Gasteiger partial charge in [-0.1, -0.05) is 62.9 Å². The highest BCUT2D eigenvalue weighted by molar-refractivity contribution is 7.99. The summed E-state index contributed by atoms with van der Waals surface area (Å²) in [5.41, 5.74) is 2.02. The molecule has 0 unspecified atom stereocenters. The van der Waals surface area contributed by atoms with Gasteiger partial charge < -0.3 is 10.3 Å². The summed E-state index contributed by atoms with van der Waals surface area (Å²) in [5.74, 6) is 0.391. The Hall–Kier alpha value is -1.75. The first kappa shape index (κ1) is 18.6. The predicted octanol–water partition coefficient (Wildman–Crippen LogP) is 4.50. The van der Waals surface area contributed by atoms with Crippen LogP contribution in [0.15, 0.2) is 41.7 Å². The summed E-state index contributed by atoms with van der Waals surface area (Å²) >= 11 is 1.42. The number of hydrogen-bond acceptors (Lipinski definition) is 3. The Balaban J connectivity index is 1.87. The van der Waals surface area contributed by atoms with Gasteiger partial charge in [0.05, 0.1) is 17.6 Å². The fraction of sp³-hybridized carbons (Fsp3) is 0.474. The maximum Gasteiger partial charge on any atom is 0.230 e. The van der Waals surface area contributed by atoms with Crippen LogP contribution in [0.1, 0.15) is 41.0 Å². The molecule has 0 aliphatic carbocycles. The van der Waals surface area contributed by atoms with E-state index in [9.17, 15) is 4.79 Å². The van der Waals surface area contributed by atoms with Crippen LogP contribution in [0.2, 0.25) is 0 Å². The first-order valence-corrected chi connectivity index (χ1v) is 9.17. The van der Waals surface area contributed by atoms with Crippen molar-refractivity contribution in [3.63, 3.8) is 0 Å². The van der Waals surface area contributed by atoms with Crippen molar-refractivity contribution in [3.05, 3.63) is 36.5 Å². The van der Waals surface area contributed by atoms with Gasteiger partial charge in [0.1, 0.15) is 0 Å². The minimum atomic E-state index is -0.214. The average molecular weight is 346 g/mol. The van der Waals surface area contributed by atoms with Crippen molar-refractivity contribution in [1.82, 2.24) is 15.3 Å². The quantitative estimate of drug-likeness (QED) is 0.758. The number of hydrogen-bond donors (Lipinski definition) is 2. The predicted molar refractivity (Wildman–Crippen MR) is 101 cm³/mol. The standard InChI is InChI=1S/C19H27N3OS/c1-18(2,3)13-19(4,5)22-16(23)12-24-17-20-11-15(21-17)14-9-7-6-8-10-14/h6-11H,12-13H2,1-5H3,(H,20,21)(H,22,23). The highest BCUT2D eigenvalue weighted by Gasteiger charge is 2.26. The molecule has 1 amide bonds. The second-order valence-corrected chi connectivity index (χ2v) is 8.89. The smallest absolute Gasteiger partial charge is 0.230 e. The molecule has 0 fully saturated rings. The molecule has 0 saturated carbocycles. The van der Waals surface area contributed by atoms with Gasteiger partial charge in [-0.05, 0) is 31.2 Å². The fourth-order valence-electron chi connectivity index (χ4n) is 3.06. The third-order valence-electron chi connectivity index (χ3n) is 3.43. The molecule has 0 atom stereocenters. The van der Waals surface area contributed by atoms with E-state index in [1.807, 2.05) is 30.3 Å². The number of carbonyl (C=O) groups excluding carboxylic acids is 1. The number of thioether (sulfide) groups is 1. The van der Waals surface area contributed by atoms with Gasteiger partial charge in [0.2, 0.25) is 5.91 Å². The monoisotopic (exact) mass is 345 g/mol. The number of rotatable bonds is 6. The Bertz CT molecular complexity index is 671. The van der Waals surface area contributed by atoms with E-state index in [-0.39, 0.29) is 16.9 Å². The SMILES string of the molecule is CC(C)(C)CC(C)(C)NC(=O)CSc1ncc(-c2ccccc2)[nH]1. The third kappa shape index (κ3) is 6.04. The molecule has 1 aromatic heterocycles. The molecule has 1 heterocycles. The van der Waals surface area contributed by atoms with E-state index in [0.29, 0.717) is 5.75 Å². The first-order valence-electron chi connectivity index (χ1n) is 8.19. The second kappa shape index (κ2) is 7.43. The van der Waals surface area contributed by atoms with Gasteiger partial charge in [-0.25, -0.2) is 4.98 Å². The van der Waals surface area contributed by atoms with Crippen LogP contribution in [0, 0.1) is 5.41 Å². The van der Waals surface area contributed by atoms with E-state index in [4.69, 9.17) is 0 Å². The summed E-state index contributed by atoms with van der Waals surface area (Å²) in [6.07, 6.45) is 2.73. The first-order chi connectivity index (χ1) is 11.1. The fourth-order valence-corrected chi connectivity index (χ4v) is 3.71. The van der Waals surface area contributed by atoms with Gasteiger partial charge in [-0.2, -0.15) is 0 Å². The molecule has 2 aromatic rings. The zero-order chi connectivity index (χ0) is 17.8. The van der Waals surface area contributed by atoms with Crippen molar-refractivity contribution in [2.75, 3.05) is 5.75 Å². The van der Waals surface area contributed by atoms with Crippen LogP contribution in [0.5, 0.6) is 0 Å². The number of carbonyl (C=O) groups is 1. The van der Waals surface area contributed by atoms with Crippen molar-refractivity contribution < 1.29 is 4.79 Å². The number of amides is 1. The van der Waals surface area contributed by atoms with Crippen molar-refractivity contribution in [2.45, 2.75) is 51.7 Å². The zero-order valence-corrected chi connectivity index (χ0v) is 16.0. The number of benzene rings is 1. The summed E-state index contributed by atoms with van der Waals surface area (Å²) in [6.45, 7) is 10.7. The minimum absolute atomic E-state index is 0.0342. The number of nitrogens with zero attached hydrogens (tertiary/aromatic N) is 1. The minimum Gasteiger partial charge on any atom is -0.350 e. The highest BCUT2D eigenvalue weighted by Crippen LogP contribution is 2.27. The summed E-state index contributed by atoms with van der Waals surface area (Å²) < 4.78 is 0. The van der Waals surface area contributed by atoms with Gasteiger partial charge in [0.25, 0.3) is 0 Å². The van der Waals surface area contributed by atoms with Crippen molar-refractivity contribution in [2.24, 2.45) is 5.41 Å². The molecule has 2 rings (SSSR count). The molecule has 0 aliphatic rings. The molecule has 0 bridgehead atoms. The van der Waals surface area contributed by atoms with Gasteiger partial charge in [-0.15, -0.1) is 0 Å². The molecule has 0 aliphatic heterocycles. The number of nitrogens with one attached hydrogen (secondary N) is 2. The summed E-state index contributed by atoms with van der Waals surface area (Å²) in [4.78, 5) is 19.8. The largest absolute Gasteiger partial charge is 0.350 e.